The van der Waals surface area contributed by atoms with Crippen LogP contribution in [0.3, 0.4) is 0 Å². The summed E-state index contributed by atoms with van der Waals surface area (Å²) in [6.45, 7) is 4.01. The maximum Gasteiger partial charge on any atom is 0.329 e. The fraction of sp³-hybridized carbons (Fsp3) is 0.250. The highest BCUT2D eigenvalue weighted by Crippen LogP contribution is 2.24. The first-order chi connectivity index (χ1) is 13.4. The molecule has 0 radical (unpaired) electrons. The lowest BCUT2D eigenvalue weighted by molar-refractivity contribution is -0.139. The van der Waals surface area contributed by atoms with Crippen LogP contribution >= 0.6 is 23.2 Å². The molecule has 2 N–H and O–H groups in total. The Morgan fingerprint density at radius 3 is 2.61 bits per heavy atom. The van der Waals surface area contributed by atoms with E-state index in [4.69, 9.17) is 27.9 Å². The van der Waals surface area contributed by atoms with Crippen molar-refractivity contribution in [1.82, 2.24) is 10.7 Å². The second-order valence-corrected chi connectivity index (χ2v) is 6.87. The molecular formula is C20H21Cl2N3O3. The van der Waals surface area contributed by atoms with Gasteiger partial charge in [-0.2, -0.15) is 5.10 Å². The Balaban J connectivity index is 1.97. The number of halogens is 2. The number of hydrogen-bond donors (Lipinski definition) is 2. The summed E-state index contributed by atoms with van der Waals surface area (Å²) < 4.78 is 5.81. The molecule has 28 heavy (non-hydrogen) atoms. The zero-order valence-corrected chi connectivity index (χ0v) is 17.1. The molecule has 0 aliphatic carbocycles. The van der Waals surface area contributed by atoms with Gasteiger partial charge >= 0.3 is 11.8 Å². The van der Waals surface area contributed by atoms with Crippen LogP contribution in [0.1, 0.15) is 31.4 Å². The molecule has 1 atom stereocenters. The van der Waals surface area contributed by atoms with Gasteiger partial charge in [0, 0.05) is 11.6 Å². The molecule has 2 aromatic carbocycles. The van der Waals surface area contributed by atoms with Crippen LogP contribution in [0.2, 0.25) is 10.0 Å². The number of amides is 2. The Labute approximate surface area is 173 Å². The van der Waals surface area contributed by atoms with Crippen molar-refractivity contribution in [2.24, 2.45) is 5.10 Å². The summed E-state index contributed by atoms with van der Waals surface area (Å²) in [4.78, 5) is 23.4. The van der Waals surface area contributed by atoms with Crippen molar-refractivity contribution in [3.63, 3.8) is 0 Å². The molecule has 0 spiro atoms. The smallest absolute Gasteiger partial charge is 0.329 e. The van der Waals surface area contributed by atoms with E-state index in [9.17, 15) is 9.59 Å². The normalized spacial score (nSPS) is 11.9. The standard InChI is InChI=1S/C20H21Cl2N3O3/c1-3-13(2)24-19(26)20(27)25-23-11-15-6-4-5-7-18(15)28-12-14-8-9-16(21)17(22)10-14/h4-11,13H,3,12H2,1-2H3,(H,24,26)(H,25,27)/b23-11-/t13-/m1/s1. The predicted molar refractivity (Wildman–Crippen MR) is 111 cm³/mol. The number of hydrazone groups is 1. The molecule has 2 rings (SSSR count). The fourth-order valence-corrected chi connectivity index (χ4v) is 2.43. The van der Waals surface area contributed by atoms with Crippen molar-refractivity contribution in [2.45, 2.75) is 32.9 Å². The first-order valence-electron chi connectivity index (χ1n) is 8.70. The van der Waals surface area contributed by atoms with E-state index in [1.54, 1.807) is 24.3 Å². The Bertz CT molecular complexity index is 872. The number of benzene rings is 2. The second-order valence-electron chi connectivity index (χ2n) is 6.06. The minimum absolute atomic E-state index is 0.0854. The van der Waals surface area contributed by atoms with Gasteiger partial charge in [-0.1, -0.05) is 48.3 Å². The average molecular weight is 422 g/mol. The van der Waals surface area contributed by atoms with E-state index in [1.807, 2.05) is 32.0 Å². The molecule has 0 saturated heterocycles. The molecule has 148 valence electrons. The van der Waals surface area contributed by atoms with Gasteiger partial charge in [-0.3, -0.25) is 9.59 Å². The molecule has 6 nitrogen and oxygen atoms in total. The third-order valence-corrected chi connectivity index (χ3v) is 4.60. The number of para-hydroxylation sites is 1. The first-order valence-corrected chi connectivity index (χ1v) is 9.46. The lowest BCUT2D eigenvalue weighted by Gasteiger charge is -2.10. The molecule has 0 aliphatic heterocycles. The molecule has 0 heterocycles. The van der Waals surface area contributed by atoms with Crippen LogP contribution in [0.4, 0.5) is 0 Å². The topological polar surface area (TPSA) is 79.8 Å². The summed E-state index contributed by atoms with van der Waals surface area (Å²) in [7, 11) is 0. The van der Waals surface area contributed by atoms with E-state index in [0.29, 0.717) is 21.4 Å². The number of rotatable bonds is 7. The van der Waals surface area contributed by atoms with E-state index >= 15 is 0 Å². The second kappa shape index (κ2) is 10.7. The summed E-state index contributed by atoms with van der Waals surface area (Å²) in [6, 6.07) is 12.4. The van der Waals surface area contributed by atoms with Gasteiger partial charge in [-0.25, -0.2) is 5.43 Å². The molecule has 0 unspecified atom stereocenters. The van der Waals surface area contributed by atoms with Gasteiger partial charge in [0.2, 0.25) is 0 Å². The van der Waals surface area contributed by atoms with Crippen LogP contribution < -0.4 is 15.5 Å². The van der Waals surface area contributed by atoms with Gasteiger partial charge in [0.1, 0.15) is 12.4 Å². The SMILES string of the molecule is CC[C@@H](C)NC(=O)C(=O)N/N=C\c1ccccc1OCc1ccc(Cl)c(Cl)c1. The van der Waals surface area contributed by atoms with Crippen molar-refractivity contribution >= 4 is 41.2 Å². The van der Waals surface area contributed by atoms with Crippen LogP contribution in [0.15, 0.2) is 47.6 Å². The number of nitrogens with zero attached hydrogens (tertiary/aromatic N) is 1. The van der Waals surface area contributed by atoms with Gasteiger partial charge in [0.05, 0.1) is 16.3 Å². The van der Waals surface area contributed by atoms with Crippen LogP contribution in [0.5, 0.6) is 5.75 Å². The van der Waals surface area contributed by atoms with Gasteiger partial charge in [0.15, 0.2) is 0 Å². The average Bonchev–Trinajstić information content (AvgIpc) is 2.69. The van der Waals surface area contributed by atoms with E-state index < -0.39 is 11.8 Å². The van der Waals surface area contributed by atoms with Gasteiger partial charge in [-0.15, -0.1) is 0 Å². The fourth-order valence-electron chi connectivity index (χ4n) is 2.11. The highest BCUT2D eigenvalue weighted by atomic mass is 35.5. The number of nitrogens with one attached hydrogen (secondary N) is 2. The van der Waals surface area contributed by atoms with E-state index in [-0.39, 0.29) is 12.6 Å². The van der Waals surface area contributed by atoms with Crippen LogP contribution in [-0.2, 0) is 16.2 Å². The molecule has 0 bridgehead atoms. The quantitative estimate of drug-likeness (QED) is 0.403. The van der Waals surface area contributed by atoms with Crippen molar-refractivity contribution < 1.29 is 14.3 Å². The lowest BCUT2D eigenvalue weighted by atomic mass is 10.2. The maximum atomic E-state index is 11.7. The number of ether oxygens (including phenoxy) is 1. The van der Waals surface area contributed by atoms with Crippen LogP contribution in [0.25, 0.3) is 0 Å². The maximum absolute atomic E-state index is 11.7. The number of carbonyl (C=O) groups excluding carboxylic acids is 2. The predicted octanol–water partition coefficient (Wildman–Crippen LogP) is 3.94. The van der Waals surface area contributed by atoms with Crippen molar-refractivity contribution in [1.29, 1.82) is 0 Å². The van der Waals surface area contributed by atoms with E-state index in [0.717, 1.165) is 12.0 Å². The number of hydrogen-bond acceptors (Lipinski definition) is 4. The number of carbonyl (C=O) groups is 2. The van der Waals surface area contributed by atoms with Crippen LogP contribution in [-0.4, -0.2) is 24.1 Å². The van der Waals surface area contributed by atoms with Crippen molar-refractivity contribution in [3.05, 3.63) is 63.6 Å². The van der Waals surface area contributed by atoms with Crippen molar-refractivity contribution in [2.75, 3.05) is 0 Å². The molecular weight excluding hydrogens is 401 g/mol. The molecule has 0 aromatic heterocycles. The lowest BCUT2D eigenvalue weighted by Crippen LogP contribution is -2.41. The summed E-state index contributed by atoms with van der Waals surface area (Å²) in [5.74, 6) is -0.989. The zero-order chi connectivity index (χ0) is 20.5. The molecule has 0 fully saturated rings. The zero-order valence-electron chi connectivity index (χ0n) is 15.5. The van der Waals surface area contributed by atoms with Gasteiger partial charge in [-0.05, 0) is 43.2 Å². The van der Waals surface area contributed by atoms with Crippen LogP contribution in [0, 0.1) is 0 Å². The molecule has 8 heteroatoms. The highest BCUT2D eigenvalue weighted by Gasteiger charge is 2.14. The first kappa shape index (κ1) is 21.7. The summed E-state index contributed by atoms with van der Waals surface area (Å²) in [5, 5.41) is 7.33. The van der Waals surface area contributed by atoms with Gasteiger partial charge < -0.3 is 10.1 Å². The third kappa shape index (κ3) is 6.55. The Kier molecular flexibility index (Phi) is 8.29. The third-order valence-electron chi connectivity index (χ3n) is 3.86. The molecule has 2 aromatic rings. The largest absolute Gasteiger partial charge is 0.488 e. The Hall–Kier alpha value is -2.57. The van der Waals surface area contributed by atoms with E-state index in [1.165, 1.54) is 6.21 Å². The summed E-state index contributed by atoms with van der Waals surface area (Å²) in [6.07, 6.45) is 2.14. The monoisotopic (exact) mass is 421 g/mol. The molecule has 0 aliphatic rings. The van der Waals surface area contributed by atoms with Gasteiger partial charge in [0.25, 0.3) is 0 Å². The van der Waals surface area contributed by atoms with E-state index in [2.05, 4.69) is 15.8 Å². The Morgan fingerprint density at radius 2 is 1.89 bits per heavy atom. The molecule has 0 saturated carbocycles. The summed E-state index contributed by atoms with van der Waals surface area (Å²) in [5.41, 5.74) is 3.71. The van der Waals surface area contributed by atoms with Crippen molar-refractivity contribution in [3.8, 4) is 5.75 Å². The Morgan fingerprint density at radius 1 is 1.14 bits per heavy atom. The molecule has 2 amide bonds. The highest BCUT2D eigenvalue weighted by molar-refractivity contribution is 6.42. The minimum atomic E-state index is -0.828. The minimum Gasteiger partial charge on any atom is -0.488 e. The summed E-state index contributed by atoms with van der Waals surface area (Å²) >= 11 is 11.9.